The van der Waals surface area contributed by atoms with Gasteiger partial charge < -0.3 is 9.64 Å². The van der Waals surface area contributed by atoms with Crippen molar-refractivity contribution >= 4 is 17.5 Å². The van der Waals surface area contributed by atoms with Crippen LogP contribution >= 0.6 is 11.6 Å². The Morgan fingerprint density at radius 2 is 2.17 bits per heavy atom. The number of morpholine rings is 1. The Balaban J connectivity index is 2.02. The standard InChI is InChI=1S/C14H18ClNO2/c1-2-3-14(17)16-8-9-18-13(10-16)11-4-6-12(15)7-5-11/h4-7,13H,2-3,8-10H2,1H3. The molecule has 3 nitrogen and oxygen atoms in total. The lowest BCUT2D eigenvalue weighted by Gasteiger charge is -2.33. The molecular weight excluding hydrogens is 250 g/mol. The van der Waals surface area contributed by atoms with Crippen molar-refractivity contribution in [1.82, 2.24) is 4.90 Å². The van der Waals surface area contributed by atoms with E-state index < -0.39 is 0 Å². The molecule has 0 aromatic heterocycles. The fourth-order valence-corrected chi connectivity index (χ4v) is 2.25. The lowest BCUT2D eigenvalue weighted by molar-refractivity contribution is -0.139. The largest absolute Gasteiger partial charge is 0.370 e. The summed E-state index contributed by atoms with van der Waals surface area (Å²) in [6.45, 7) is 3.96. The maximum absolute atomic E-state index is 11.9. The predicted octanol–water partition coefficient (Wildman–Crippen LogP) is 3.04. The second kappa shape index (κ2) is 6.21. The number of benzene rings is 1. The molecule has 1 aromatic rings. The van der Waals surface area contributed by atoms with Crippen LogP contribution < -0.4 is 0 Å². The third-order valence-corrected chi connectivity index (χ3v) is 3.38. The first-order valence-electron chi connectivity index (χ1n) is 6.35. The van der Waals surface area contributed by atoms with E-state index in [1.165, 1.54) is 0 Å². The molecule has 0 N–H and O–H groups in total. The van der Waals surface area contributed by atoms with Crippen LogP contribution in [0.4, 0.5) is 0 Å². The summed E-state index contributed by atoms with van der Waals surface area (Å²) in [6, 6.07) is 7.63. The topological polar surface area (TPSA) is 29.5 Å². The van der Waals surface area contributed by atoms with Crippen molar-refractivity contribution in [2.24, 2.45) is 0 Å². The minimum atomic E-state index is -0.0307. The van der Waals surface area contributed by atoms with Gasteiger partial charge in [0, 0.05) is 18.0 Å². The number of halogens is 1. The van der Waals surface area contributed by atoms with Crippen molar-refractivity contribution < 1.29 is 9.53 Å². The Morgan fingerprint density at radius 1 is 1.44 bits per heavy atom. The van der Waals surface area contributed by atoms with Gasteiger partial charge in [-0.3, -0.25) is 4.79 Å². The smallest absolute Gasteiger partial charge is 0.222 e. The Labute approximate surface area is 113 Å². The number of hydrogen-bond donors (Lipinski definition) is 0. The third kappa shape index (κ3) is 3.24. The van der Waals surface area contributed by atoms with Crippen LogP contribution in [0.25, 0.3) is 0 Å². The molecule has 1 amide bonds. The number of carbonyl (C=O) groups excluding carboxylic acids is 1. The number of carbonyl (C=O) groups is 1. The second-order valence-electron chi connectivity index (χ2n) is 4.50. The average Bonchev–Trinajstić information content (AvgIpc) is 2.40. The van der Waals surface area contributed by atoms with Gasteiger partial charge in [-0.25, -0.2) is 0 Å². The van der Waals surface area contributed by atoms with Gasteiger partial charge in [-0.05, 0) is 24.1 Å². The van der Waals surface area contributed by atoms with E-state index >= 15 is 0 Å². The van der Waals surface area contributed by atoms with Gasteiger partial charge in [0.2, 0.25) is 5.91 Å². The van der Waals surface area contributed by atoms with E-state index in [1.54, 1.807) is 0 Å². The Kier molecular flexibility index (Phi) is 4.61. The van der Waals surface area contributed by atoms with E-state index in [4.69, 9.17) is 16.3 Å². The SMILES string of the molecule is CCCC(=O)N1CCOC(c2ccc(Cl)cc2)C1. The lowest BCUT2D eigenvalue weighted by atomic mass is 10.1. The first kappa shape index (κ1) is 13.4. The Morgan fingerprint density at radius 3 is 2.83 bits per heavy atom. The van der Waals surface area contributed by atoms with Crippen molar-refractivity contribution in [2.45, 2.75) is 25.9 Å². The number of ether oxygens (including phenoxy) is 1. The zero-order valence-corrected chi connectivity index (χ0v) is 11.3. The predicted molar refractivity (Wildman–Crippen MR) is 71.6 cm³/mol. The first-order chi connectivity index (χ1) is 8.70. The molecule has 1 aliphatic rings. The van der Waals surface area contributed by atoms with Gasteiger partial charge in [-0.15, -0.1) is 0 Å². The van der Waals surface area contributed by atoms with Crippen molar-refractivity contribution in [3.8, 4) is 0 Å². The summed E-state index contributed by atoms with van der Waals surface area (Å²) >= 11 is 5.87. The van der Waals surface area contributed by atoms with Gasteiger partial charge in [-0.1, -0.05) is 30.7 Å². The molecule has 2 rings (SSSR count). The molecule has 0 radical (unpaired) electrons. The highest BCUT2D eigenvalue weighted by Gasteiger charge is 2.24. The van der Waals surface area contributed by atoms with E-state index in [0.717, 1.165) is 12.0 Å². The zero-order valence-electron chi connectivity index (χ0n) is 10.6. The fourth-order valence-electron chi connectivity index (χ4n) is 2.13. The first-order valence-corrected chi connectivity index (χ1v) is 6.73. The molecule has 18 heavy (non-hydrogen) atoms. The van der Waals surface area contributed by atoms with Crippen molar-refractivity contribution in [2.75, 3.05) is 19.7 Å². The molecule has 4 heteroatoms. The van der Waals surface area contributed by atoms with Crippen molar-refractivity contribution in [3.05, 3.63) is 34.9 Å². The highest BCUT2D eigenvalue weighted by Crippen LogP contribution is 2.24. The highest BCUT2D eigenvalue weighted by atomic mass is 35.5. The molecule has 0 aliphatic carbocycles. The van der Waals surface area contributed by atoms with Gasteiger partial charge in [0.1, 0.15) is 6.10 Å². The molecule has 1 atom stereocenters. The monoisotopic (exact) mass is 267 g/mol. The van der Waals surface area contributed by atoms with Gasteiger partial charge >= 0.3 is 0 Å². The molecule has 1 aromatic carbocycles. The van der Waals surface area contributed by atoms with Crippen LogP contribution in [0, 0.1) is 0 Å². The van der Waals surface area contributed by atoms with E-state index in [1.807, 2.05) is 36.1 Å². The molecule has 0 spiro atoms. The number of nitrogens with zero attached hydrogens (tertiary/aromatic N) is 1. The van der Waals surface area contributed by atoms with Gasteiger partial charge in [0.25, 0.3) is 0 Å². The van der Waals surface area contributed by atoms with Crippen LogP contribution in [0.1, 0.15) is 31.4 Å². The summed E-state index contributed by atoms with van der Waals surface area (Å²) < 4.78 is 5.73. The van der Waals surface area contributed by atoms with Crippen LogP contribution in [-0.4, -0.2) is 30.5 Å². The Hall–Kier alpha value is -1.06. The molecule has 1 aliphatic heterocycles. The van der Waals surface area contributed by atoms with Crippen LogP contribution in [-0.2, 0) is 9.53 Å². The third-order valence-electron chi connectivity index (χ3n) is 3.12. The lowest BCUT2D eigenvalue weighted by Crippen LogP contribution is -2.42. The number of amides is 1. The van der Waals surface area contributed by atoms with E-state index in [9.17, 15) is 4.79 Å². The zero-order chi connectivity index (χ0) is 13.0. The fraction of sp³-hybridized carbons (Fsp3) is 0.500. The van der Waals surface area contributed by atoms with Crippen LogP contribution in [0.3, 0.4) is 0 Å². The molecular formula is C14H18ClNO2. The maximum Gasteiger partial charge on any atom is 0.222 e. The van der Waals surface area contributed by atoms with Gasteiger partial charge in [0.05, 0.1) is 13.2 Å². The molecule has 1 fully saturated rings. The van der Waals surface area contributed by atoms with Crippen LogP contribution in [0.2, 0.25) is 5.02 Å². The molecule has 1 heterocycles. The average molecular weight is 268 g/mol. The van der Waals surface area contributed by atoms with E-state index in [2.05, 4.69) is 0 Å². The van der Waals surface area contributed by atoms with Crippen LogP contribution in [0.5, 0.6) is 0 Å². The summed E-state index contributed by atoms with van der Waals surface area (Å²) in [5.74, 6) is 0.222. The van der Waals surface area contributed by atoms with E-state index in [0.29, 0.717) is 31.1 Å². The van der Waals surface area contributed by atoms with Gasteiger partial charge in [-0.2, -0.15) is 0 Å². The second-order valence-corrected chi connectivity index (χ2v) is 4.94. The molecule has 0 bridgehead atoms. The normalized spacial score (nSPS) is 19.9. The molecule has 98 valence electrons. The summed E-state index contributed by atoms with van der Waals surface area (Å²) in [7, 11) is 0. The number of hydrogen-bond acceptors (Lipinski definition) is 2. The highest BCUT2D eigenvalue weighted by molar-refractivity contribution is 6.30. The minimum absolute atomic E-state index is 0.0307. The molecule has 0 saturated carbocycles. The molecule has 1 saturated heterocycles. The van der Waals surface area contributed by atoms with Crippen molar-refractivity contribution in [1.29, 1.82) is 0 Å². The van der Waals surface area contributed by atoms with Crippen LogP contribution in [0.15, 0.2) is 24.3 Å². The molecule has 1 unspecified atom stereocenters. The summed E-state index contributed by atoms with van der Waals surface area (Å²) in [5.41, 5.74) is 1.08. The van der Waals surface area contributed by atoms with Gasteiger partial charge in [0.15, 0.2) is 0 Å². The quantitative estimate of drug-likeness (QED) is 0.842. The van der Waals surface area contributed by atoms with E-state index in [-0.39, 0.29) is 12.0 Å². The Bertz CT molecular complexity index is 405. The summed E-state index contributed by atoms with van der Waals surface area (Å²) in [5, 5.41) is 0.716. The minimum Gasteiger partial charge on any atom is -0.370 e. The summed E-state index contributed by atoms with van der Waals surface area (Å²) in [6.07, 6.45) is 1.48. The summed E-state index contributed by atoms with van der Waals surface area (Å²) in [4.78, 5) is 13.8. The van der Waals surface area contributed by atoms with Crippen molar-refractivity contribution in [3.63, 3.8) is 0 Å². The maximum atomic E-state index is 11.9. The number of rotatable bonds is 3.